The number of pyridine rings is 1. The molecule has 2 aromatic rings. The van der Waals surface area contributed by atoms with Crippen molar-refractivity contribution >= 4 is 10.9 Å². The van der Waals surface area contributed by atoms with E-state index in [0.29, 0.717) is 0 Å². The average Bonchev–Trinajstić information content (AvgIpc) is 2.31. The summed E-state index contributed by atoms with van der Waals surface area (Å²) in [7, 11) is 1.68. The summed E-state index contributed by atoms with van der Waals surface area (Å²) in [6.45, 7) is 8.10. The Kier molecular flexibility index (Phi) is 4.29. The van der Waals surface area contributed by atoms with Gasteiger partial charge in [-0.15, -0.1) is 0 Å². The first-order chi connectivity index (χ1) is 7.70. The highest BCUT2D eigenvalue weighted by molar-refractivity contribution is 5.83. The molecule has 1 aromatic heterocycles. The van der Waals surface area contributed by atoms with Crippen LogP contribution in [-0.4, -0.2) is 12.1 Å². The van der Waals surface area contributed by atoms with Gasteiger partial charge >= 0.3 is 0 Å². The van der Waals surface area contributed by atoms with Crippen molar-refractivity contribution in [1.29, 1.82) is 0 Å². The van der Waals surface area contributed by atoms with Crippen molar-refractivity contribution in [3.05, 3.63) is 35.5 Å². The van der Waals surface area contributed by atoms with Crippen molar-refractivity contribution < 1.29 is 4.74 Å². The van der Waals surface area contributed by atoms with Gasteiger partial charge in [-0.05, 0) is 43.7 Å². The molecule has 2 rings (SSSR count). The summed E-state index contributed by atoms with van der Waals surface area (Å²) < 4.78 is 5.18. The number of benzene rings is 1. The van der Waals surface area contributed by atoms with Crippen molar-refractivity contribution in [3.63, 3.8) is 0 Å². The molecule has 2 heteroatoms. The van der Waals surface area contributed by atoms with Gasteiger partial charge < -0.3 is 4.74 Å². The van der Waals surface area contributed by atoms with Crippen LogP contribution < -0.4 is 4.74 Å². The van der Waals surface area contributed by atoms with Crippen LogP contribution >= 0.6 is 0 Å². The van der Waals surface area contributed by atoms with E-state index in [2.05, 4.69) is 18.0 Å². The molecule has 0 unspecified atom stereocenters. The second-order valence-corrected chi connectivity index (χ2v) is 3.46. The number of hydrogen-bond acceptors (Lipinski definition) is 2. The minimum absolute atomic E-state index is 0.881. The van der Waals surface area contributed by atoms with Crippen molar-refractivity contribution in [2.45, 2.75) is 27.7 Å². The van der Waals surface area contributed by atoms with Gasteiger partial charge in [0.25, 0.3) is 0 Å². The Bertz CT molecular complexity index is 477. The number of fused-ring (bicyclic) bond motifs is 1. The normalized spacial score (nSPS) is 9.56. The fourth-order valence-electron chi connectivity index (χ4n) is 1.67. The van der Waals surface area contributed by atoms with Crippen LogP contribution in [0, 0.1) is 13.8 Å². The summed E-state index contributed by atoms with van der Waals surface area (Å²) in [4.78, 5) is 4.46. The molecule has 0 aliphatic carbocycles. The number of aromatic nitrogens is 1. The first-order valence-electron chi connectivity index (χ1n) is 5.62. The monoisotopic (exact) mass is 217 g/mol. The zero-order chi connectivity index (χ0) is 12.1. The molecule has 0 aliphatic heterocycles. The fraction of sp³-hybridized carbons (Fsp3) is 0.357. The lowest BCUT2D eigenvalue weighted by Crippen LogP contribution is -1.89. The number of methoxy groups -OCH3 is 1. The predicted octanol–water partition coefficient (Wildman–Crippen LogP) is 3.89. The van der Waals surface area contributed by atoms with Gasteiger partial charge in [0.15, 0.2) is 0 Å². The Balaban J connectivity index is 0.000000606. The SMILES string of the molecule is CC.COc1ccc2nc(C)cc(C)c2c1. The Morgan fingerprint density at radius 2 is 1.75 bits per heavy atom. The first-order valence-corrected chi connectivity index (χ1v) is 5.62. The molecule has 0 N–H and O–H groups in total. The molecule has 0 fully saturated rings. The molecular weight excluding hydrogens is 198 g/mol. The zero-order valence-electron chi connectivity index (χ0n) is 10.7. The highest BCUT2D eigenvalue weighted by Crippen LogP contribution is 2.22. The summed E-state index contributed by atoms with van der Waals surface area (Å²) in [6, 6.07) is 8.04. The maximum absolute atomic E-state index is 5.18. The van der Waals surface area contributed by atoms with Gasteiger partial charge in [-0.1, -0.05) is 13.8 Å². The molecule has 16 heavy (non-hydrogen) atoms. The highest BCUT2D eigenvalue weighted by Gasteiger charge is 2.01. The van der Waals surface area contributed by atoms with E-state index in [1.807, 2.05) is 39.0 Å². The summed E-state index contributed by atoms with van der Waals surface area (Å²) >= 11 is 0. The van der Waals surface area contributed by atoms with E-state index < -0.39 is 0 Å². The van der Waals surface area contributed by atoms with Gasteiger partial charge in [-0.25, -0.2) is 0 Å². The van der Waals surface area contributed by atoms with Gasteiger partial charge in [-0.3, -0.25) is 4.98 Å². The first kappa shape index (κ1) is 12.5. The molecule has 2 nitrogen and oxygen atoms in total. The topological polar surface area (TPSA) is 22.1 Å². The predicted molar refractivity (Wildman–Crippen MR) is 69.1 cm³/mol. The lowest BCUT2D eigenvalue weighted by Gasteiger charge is -2.05. The van der Waals surface area contributed by atoms with Gasteiger partial charge in [0.1, 0.15) is 5.75 Å². The lowest BCUT2D eigenvalue weighted by atomic mass is 10.1. The van der Waals surface area contributed by atoms with E-state index in [0.717, 1.165) is 22.3 Å². The van der Waals surface area contributed by atoms with Crippen LogP contribution in [0.25, 0.3) is 10.9 Å². The second kappa shape index (κ2) is 5.50. The molecule has 1 aromatic carbocycles. The third-order valence-electron chi connectivity index (χ3n) is 2.35. The highest BCUT2D eigenvalue weighted by atomic mass is 16.5. The van der Waals surface area contributed by atoms with Crippen molar-refractivity contribution in [3.8, 4) is 5.75 Å². The van der Waals surface area contributed by atoms with Crippen molar-refractivity contribution in [2.24, 2.45) is 0 Å². The van der Waals surface area contributed by atoms with Crippen LogP contribution in [0.4, 0.5) is 0 Å². The lowest BCUT2D eigenvalue weighted by molar-refractivity contribution is 0.415. The summed E-state index contributed by atoms with van der Waals surface area (Å²) in [5.74, 6) is 0.881. The van der Waals surface area contributed by atoms with Crippen LogP contribution in [0.1, 0.15) is 25.1 Å². The molecule has 0 bridgehead atoms. The Morgan fingerprint density at radius 3 is 2.38 bits per heavy atom. The summed E-state index contributed by atoms with van der Waals surface area (Å²) in [6.07, 6.45) is 0. The largest absolute Gasteiger partial charge is 0.497 e. The molecule has 0 saturated carbocycles. The maximum atomic E-state index is 5.18. The Labute approximate surface area is 97.3 Å². The molecule has 0 atom stereocenters. The quantitative estimate of drug-likeness (QED) is 0.723. The fourth-order valence-corrected chi connectivity index (χ4v) is 1.67. The molecule has 0 saturated heterocycles. The van der Waals surface area contributed by atoms with Crippen LogP contribution in [0.2, 0.25) is 0 Å². The minimum Gasteiger partial charge on any atom is -0.497 e. The van der Waals surface area contributed by atoms with E-state index in [-0.39, 0.29) is 0 Å². The smallest absolute Gasteiger partial charge is 0.119 e. The maximum Gasteiger partial charge on any atom is 0.119 e. The van der Waals surface area contributed by atoms with Crippen molar-refractivity contribution in [2.75, 3.05) is 7.11 Å². The van der Waals surface area contributed by atoms with Crippen molar-refractivity contribution in [1.82, 2.24) is 4.98 Å². The third kappa shape index (κ3) is 2.51. The Hall–Kier alpha value is -1.57. The summed E-state index contributed by atoms with van der Waals surface area (Å²) in [5, 5.41) is 1.16. The number of rotatable bonds is 1. The summed E-state index contributed by atoms with van der Waals surface area (Å²) in [5.41, 5.74) is 3.33. The van der Waals surface area contributed by atoms with E-state index in [4.69, 9.17) is 4.74 Å². The van der Waals surface area contributed by atoms with Gasteiger partial charge in [0.2, 0.25) is 0 Å². The van der Waals surface area contributed by atoms with E-state index in [9.17, 15) is 0 Å². The molecule has 1 heterocycles. The average molecular weight is 217 g/mol. The van der Waals surface area contributed by atoms with Gasteiger partial charge in [0.05, 0.1) is 12.6 Å². The molecule has 0 aliphatic rings. The third-order valence-corrected chi connectivity index (χ3v) is 2.35. The molecule has 0 radical (unpaired) electrons. The number of nitrogens with zero attached hydrogens (tertiary/aromatic N) is 1. The molecule has 86 valence electrons. The number of ether oxygens (including phenoxy) is 1. The number of hydrogen-bond donors (Lipinski definition) is 0. The van der Waals surface area contributed by atoms with Crippen LogP contribution in [0.3, 0.4) is 0 Å². The van der Waals surface area contributed by atoms with E-state index in [1.165, 1.54) is 5.56 Å². The molecule has 0 amide bonds. The second-order valence-electron chi connectivity index (χ2n) is 3.46. The van der Waals surface area contributed by atoms with Gasteiger partial charge in [0, 0.05) is 11.1 Å². The molecule has 0 spiro atoms. The number of aryl methyl sites for hydroxylation is 2. The Morgan fingerprint density at radius 1 is 1.06 bits per heavy atom. The van der Waals surface area contributed by atoms with Gasteiger partial charge in [-0.2, -0.15) is 0 Å². The van der Waals surface area contributed by atoms with Crippen LogP contribution in [0.5, 0.6) is 5.75 Å². The minimum atomic E-state index is 0.881. The van der Waals surface area contributed by atoms with Crippen LogP contribution in [0.15, 0.2) is 24.3 Å². The standard InChI is InChI=1S/C12H13NO.C2H6/c1-8-6-9(2)13-12-5-4-10(14-3)7-11(8)12;1-2/h4-7H,1-3H3;1-2H3. The molecular formula is C14H19NO. The van der Waals surface area contributed by atoms with Crippen LogP contribution in [-0.2, 0) is 0 Å². The van der Waals surface area contributed by atoms with E-state index in [1.54, 1.807) is 7.11 Å². The zero-order valence-corrected chi connectivity index (χ0v) is 10.7. The van der Waals surface area contributed by atoms with E-state index >= 15 is 0 Å².